The molecule has 2 aliphatic heterocycles. The van der Waals surface area contributed by atoms with Crippen molar-refractivity contribution in [3.63, 3.8) is 0 Å². The molecule has 1 saturated heterocycles. The number of aromatic nitrogens is 1. The zero-order valence-electron chi connectivity index (χ0n) is 19.4. The lowest BCUT2D eigenvalue weighted by Crippen LogP contribution is -2.31. The second-order valence-corrected chi connectivity index (χ2v) is 9.83. The first-order valence-corrected chi connectivity index (χ1v) is 12.7. The van der Waals surface area contributed by atoms with Crippen LogP contribution in [-0.4, -0.2) is 47.9 Å². The molecule has 3 N–H and O–H groups in total. The summed E-state index contributed by atoms with van der Waals surface area (Å²) in [5.41, 5.74) is 4.92. The van der Waals surface area contributed by atoms with E-state index in [1.54, 1.807) is 6.07 Å². The maximum Gasteiger partial charge on any atom is 0.259 e. The van der Waals surface area contributed by atoms with Crippen LogP contribution in [0.15, 0.2) is 48.5 Å². The van der Waals surface area contributed by atoms with Crippen LogP contribution in [0.25, 0.3) is 32.9 Å². The number of piperidine rings is 1. The minimum atomic E-state index is -0.386. The third-order valence-corrected chi connectivity index (χ3v) is 7.49. The number of halogens is 1. The standard InChI is InChI=1S/C28H27ClN4O2/c29-21-8-3-2-7-18(21)19-16-23-24(26-25(19)27(34)32-28(26)35)20-15-17(9-10-22(20)31-23)30-11-6-14-33-12-4-1-5-13-33/h2-3,7-10,15-16,30-31H,1,4-6,11-14H2,(H,32,34,35). The van der Waals surface area contributed by atoms with Gasteiger partial charge in [-0.05, 0) is 74.8 Å². The maximum atomic E-state index is 12.9. The molecule has 0 unspecified atom stereocenters. The first-order valence-electron chi connectivity index (χ1n) is 12.3. The molecular formula is C28H27ClN4O2. The number of nitrogens with zero attached hydrogens (tertiary/aromatic N) is 1. The van der Waals surface area contributed by atoms with E-state index in [4.69, 9.17) is 11.6 Å². The van der Waals surface area contributed by atoms with E-state index in [9.17, 15) is 9.59 Å². The molecule has 0 aliphatic carbocycles. The molecule has 0 spiro atoms. The molecule has 6 nitrogen and oxygen atoms in total. The van der Waals surface area contributed by atoms with Crippen LogP contribution >= 0.6 is 11.6 Å². The topological polar surface area (TPSA) is 77.2 Å². The number of amides is 2. The average Bonchev–Trinajstić information content (AvgIpc) is 3.38. The highest BCUT2D eigenvalue weighted by Crippen LogP contribution is 2.41. The first-order chi connectivity index (χ1) is 17.1. The van der Waals surface area contributed by atoms with Crippen molar-refractivity contribution in [2.45, 2.75) is 25.7 Å². The minimum absolute atomic E-state index is 0.371. The van der Waals surface area contributed by atoms with Crippen LogP contribution in [0.1, 0.15) is 46.4 Å². The Kier molecular flexibility index (Phi) is 5.71. The van der Waals surface area contributed by atoms with E-state index in [0.717, 1.165) is 52.6 Å². The predicted molar refractivity (Wildman–Crippen MR) is 141 cm³/mol. The second-order valence-electron chi connectivity index (χ2n) is 9.43. The number of carbonyl (C=O) groups excluding carboxylic acids is 2. The zero-order valence-corrected chi connectivity index (χ0v) is 20.2. The van der Waals surface area contributed by atoms with Gasteiger partial charge in [0.1, 0.15) is 0 Å². The number of rotatable bonds is 6. The van der Waals surface area contributed by atoms with E-state index in [1.165, 1.54) is 32.4 Å². The van der Waals surface area contributed by atoms with Gasteiger partial charge in [-0.2, -0.15) is 0 Å². The van der Waals surface area contributed by atoms with Gasteiger partial charge < -0.3 is 15.2 Å². The Hall–Kier alpha value is -3.35. The summed E-state index contributed by atoms with van der Waals surface area (Å²) in [6.45, 7) is 4.42. The molecule has 0 saturated carbocycles. The molecule has 35 heavy (non-hydrogen) atoms. The molecule has 3 heterocycles. The van der Waals surface area contributed by atoms with Crippen LogP contribution in [0, 0.1) is 0 Å². The van der Waals surface area contributed by atoms with Crippen LogP contribution in [0.2, 0.25) is 5.02 Å². The second kappa shape index (κ2) is 9.02. The fourth-order valence-corrected chi connectivity index (χ4v) is 5.72. The fraction of sp³-hybridized carbons (Fsp3) is 0.286. The lowest BCUT2D eigenvalue weighted by molar-refractivity contribution is 0.0880. The molecular weight excluding hydrogens is 460 g/mol. The van der Waals surface area contributed by atoms with E-state index in [-0.39, 0.29) is 11.8 Å². The molecule has 0 atom stereocenters. The van der Waals surface area contributed by atoms with Crippen molar-refractivity contribution >= 4 is 50.9 Å². The zero-order chi connectivity index (χ0) is 23.9. The summed E-state index contributed by atoms with van der Waals surface area (Å²) in [6.07, 6.45) is 5.05. The van der Waals surface area contributed by atoms with Crippen molar-refractivity contribution in [1.29, 1.82) is 0 Å². The van der Waals surface area contributed by atoms with Crippen LogP contribution in [-0.2, 0) is 0 Å². The molecule has 6 rings (SSSR count). The number of imide groups is 1. The van der Waals surface area contributed by atoms with Gasteiger partial charge in [-0.3, -0.25) is 14.9 Å². The quantitative estimate of drug-likeness (QED) is 0.237. The number of aromatic amines is 1. The number of H-pyrrole nitrogens is 1. The summed E-state index contributed by atoms with van der Waals surface area (Å²) in [5, 5.41) is 8.26. The van der Waals surface area contributed by atoms with Crippen molar-refractivity contribution in [2.24, 2.45) is 0 Å². The van der Waals surface area contributed by atoms with Gasteiger partial charge >= 0.3 is 0 Å². The molecule has 7 heteroatoms. The largest absolute Gasteiger partial charge is 0.385 e. The Morgan fingerprint density at radius 2 is 1.69 bits per heavy atom. The van der Waals surface area contributed by atoms with Crippen LogP contribution < -0.4 is 10.6 Å². The molecule has 0 bridgehead atoms. The van der Waals surface area contributed by atoms with Gasteiger partial charge in [0, 0.05) is 44.6 Å². The molecule has 0 radical (unpaired) electrons. The van der Waals surface area contributed by atoms with E-state index < -0.39 is 0 Å². The van der Waals surface area contributed by atoms with E-state index >= 15 is 0 Å². The average molecular weight is 487 g/mol. The number of likely N-dealkylation sites (tertiary alicyclic amines) is 1. The number of hydrogen-bond acceptors (Lipinski definition) is 4. The van der Waals surface area contributed by atoms with Gasteiger partial charge in [0.25, 0.3) is 11.8 Å². The van der Waals surface area contributed by atoms with Gasteiger partial charge in [0.15, 0.2) is 0 Å². The Labute approximate surface area is 208 Å². The normalized spacial score (nSPS) is 16.1. The summed E-state index contributed by atoms with van der Waals surface area (Å²) in [6, 6.07) is 15.5. The maximum absolute atomic E-state index is 12.9. The van der Waals surface area contributed by atoms with Crippen molar-refractivity contribution in [2.75, 3.05) is 31.5 Å². The lowest BCUT2D eigenvalue weighted by Gasteiger charge is -2.26. The summed E-state index contributed by atoms with van der Waals surface area (Å²) in [5.74, 6) is -0.757. The van der Waals surface area contributed by atoms with E-state index in [2.05, 4.69) is 32.7 Å². The number of fused-ring (bicyclic) bond motifs is 5. The molecule has 4 aromatic rings. The van der Waals surface area contributed by atoms with Gasteiger partial charge in [-0.25, -0.2) is 0 Å². The molecule has 3 aromatic carbocycles. The van der Waals surface area contributed by atoms with E-state index in [1.807, 2.05) is 30.3 Å². The third-order valence-electron chi connectivity index (χ3n) is 7.16. The smallest absolute Gasteiger partial charge is 0.259 e. The minimum Gasteiger partial charge on any atom is -0.385 e. The van der Waals surface area contributed by atoms with Gasteiger partial charge in [0.2, 0.25) is 0 Å². The summed E-state index contributed by atoms with van der Waals surface area (Å²) < 4.78 is 0. The molecule has 2 aliphatic rings. The Morgan fingerprint density at radius 1 is 0.886 bits per heavy atom. The predicted octanol–water partition coefficient (Wildman–Crippen LogP) is 5.81. The molecule has 2 amide bonds. The summed E-state index contributed by atoms with van der Waals surface area (Å²) in [7, 11) is 0. The lowest BCUT2D eigenvalue weighted by atomic mass is 9.93. The Morgan fingerprint density at radius 3 is 2.51 bits per heavy atom. The van der Waals surface area contributed by atoms with Crippen LogP contribution in [0.5, 0.6) is 0 Å². The number of nitrogens with one attached hydrogen (secondary N) is 3. The first kappa shape index (κ1) is 22.1. The number of hydrogen-bond donors (Lipinski definition) is 3. The third kappa shape index (κ3) is 3.97. The highest BCUT2D eigenvalue weighted by Gasteiger charge is 2.34. The van der Waals surface area contributed by atoms with Crippen molar-refractivity contribution in [1.82, 2.24) is 15.2 Å². The summed E-state index contributed by atoms with van der Waals surface area (Å²) >= 11 is 6.47. The van der Waals surface area contributed by atoms with Gasteiger partial charge in [-0.15, -0.1) is 0 Å². The van der Waals surface area contributed by atoms with Gasteiger partial charge in [0.05, 0.1) is 11.1 Å². The van der Waals surface area contributed by atoms with Crippen molar-refractivity contribution in [3.8, 4) is 11.1 Å². The van der Waals surface area contributed by atoms with E-state index in [0.29, 0.717) is 21.7 Å². The molecule has 178 valence electrons. The van der Waals surface area contributed by atoms with Gasteiger partial charge in [-0.1, -0.05) is 36.2 Å². The summed E-state index contributed by atoms with van der Waals surface area (Å²) in [4.78, 5) is 31.8. The Balaban J connectivity index is 1.37. The highest BCUT2D eigenvalue weighted by molar-refractivity contribution is 6.36. The number of carbonyl (C=O) groups is 2. The van der Waals surface area contributed by atoms with Crippen LogP contribution in [0.3, 0.4) is 0 Å². The van der Waals surface area contributed by atoms with Crippen LogP contribution in [0.4, 0.5) is 5.69 Å². The fourth-order valence-electron chi connectivity index (χ4n) is 5.48. The van der Waals surface area contributed by atoms with Crippen molar-refractivity contribution < 1.29 is 9.59 Å². The Bertz CT molecular complexity index is 1470. The highest BCUT2D eigenvalue weighted by atomic mass is 35.5. The number of benzene rings is 3. The monoisotopic (exact) mass is 486 g/mol. The molecule has 1 fully saturated rings. The molecule has 1 aromatic heterocycles. The SMILES string of the molecule is O=C1NC(=O)c2c1c(-c1ccccc1Cl)cc1[nH]c3ccc(NCCCN4CCCCC4)cc3c21. The van der Waals surface area contributed by atoms with Crippen molar-refractivity contribution in [3.05, 3.63) is 64.7 Å². The number of anilines is 1.